The zero-order valence-electron chi connectivity index (χ0n) is 13.4. The smallest absolute Gasteiger partial charge is 0.271 e. The van der Waals surface area contributed by atoms with Crippen LogP contribution in [-0.2, 0) is 0 Å². The Bertz CT molecular complexity index is 670. The summed E-state index contributed by atoms with van der Waals surface area (Å²) in [6.45, 7) is 2.89. The molecular formula is C17H22BrClN4O. The second-order valence-corrected chi connectivity index (χ2v) is 6.80. The molecular weight excluding hydrogens is 392 g/mol. The summed E-state index contributed by atoms with van der Waals surface area (Å²) in [5.41, 5.74) is 1.37. The molecule has 7 heteroatoms. The zero-order valence-corrected chi connectivity index (χ0v) is 15.8. The van der Waals surface area contributed by atoms with Crippen LogP contribution in [0, 0.1) is 5.92 Å². The van der Waals surface area contributed by atoms with Gasteiger partial charge in [-0.3, -0.25) is 4.79 Å². The van der Waals surface area contributed by atoms with Crippen LogP contribution in [0.3, 0.4) is 0 Å². The summed E-state index contributed by atoms with van der Waals surface area (Å²) in [6.07, 6.45) is 5.31. The lowest BCUT2D eigenvalue weighted by Gasteiger charge is -2.22. The fraction of sp³-hybridized carbons (Fsp3) is 0.412. The van der Waals surface area contributed by atoms with Crippen molar-refractivity contribution in [3.8, 4) is 5.69 Å². The number of benzene rings is 1. The molecule has 1 atom stereocenters. The SMILES string of the molecule is Cl.O=C(NCCC1CCCNC1)c1ccn(-c2cccc(Br)c2)n1. The number of carbonyl (C=O) groups excluding carboxylic acids is 1. The van der Waals surface area contributed by atoms with Crippen molar-refractivity contribution in [2.24, 2.45) is 5.92 Å². The fourth-order valence-corrected chi connectivity index (χ4v) is 3.25. The topological polar surface area (TPSA) is 59.0 Å². The van der Waals surface area contributed by atoms with E-state index >= 15 is 0 Å². The maximum atomic E-state index is 12.2. The highest BCUT2D eigenvalue weighted by Gasteiger charge is 2.14. The van der Waals surface area contributed by atoms with Gasteiger partial charge in [0.2, 0.25) is 0 Å². The molecule has 1 unspecified atom stereocenters. The molecule has 0 saturated carbocycles. The largest absolute Gasteiger partial charge is 0.351 e. The molecule has 0 bridgehead atoms. The molecule has 130 valence electrons. The Morgan fingerprint density at radius 1 is 1.42 bits per heavy atom. The molecule has 2 N–H and O–H groups in total. The Hall–Kier alpha value is -1.37. The lowest BCUT2D eigenvalue weighted by atomic mass is 9.96. The summed E-state index contributed by atoms with van der Waals surface area (Å²) in [5, 5.41) is 10.7. The Morgan fingerprint density at radius 2 is 2.29 bits per heavy atom. The predicted molar refractivity (Wildman–Crippen MR) is 101 cm³/mol. The number of halogens is 2. The average molecular weight is 414 g/mol. The van der Waals surface area contributed by atoms with Gasteiger partial charge < -0.3 is 10.6 Å². The maximum absolute atomic E-state index is 12.2. The summed E-state index contributed by atoms with van der Waals surface area (Å²) >= 11 is 3.44. The minimum atomic E-state index is -0.109. The van der Waals surface area contributed by atoms with Crippen LogP contribution in [0.5, 0.6) is 0 Å². The highest BCUT2D eigenvalue weighted by atomic mass is 79.9. The van der Waals surface area contributed by atoms with Crippen LogP contribution in [0.4, 0.5) is 0 Å². The first-order chi connectivity index (χ1) is 11.2. The van der Waals surface area contributed by atoms with E-state index in [1.165, 1.54) is 12.8 Å². The molecule has 0 radical (unpaired) electrons. The number of hydrogen-bond acceptors (Lipinski definition) is 3. The molecule has 1 aromatic carbocycles. The van der Waals surface area contributed by atoms with Crippen molar-refractivity contribution in [2.75, 3.05) is 19.6 Å². The van der Waals surface area contributed by atoms with E-state index in [1.54, 1.807) is 10.7 Å². The number of rotatable bonds is 5. The van der Waals surface area contributed by atoms with Crippen molar-refractivity contribution in [2.45, 2.75) is 19.3 Å². The Kier molecular flexibility index (Phi) is 7.27. The van der Waals surface area contributed by atoms with Gasteiger partial charge >= 0.3 is 0 Å². The Balaban J connectivity index is 0.00000208. The number of piperidine rings is 1. The molecule has 1 aromatic heterocycles. The van der Waals surface area contributed by atoms with Gasteiger partial charge in [-0.25, -0.2) is 4.68 Å². The highest BCUT2D eigenvalue weighted by molar-refractivity contribution is 9.10. The van der Waals surface area contributed by atoms with Gasteiger partial charge in [-0.15, -0.1) is 12.4 Å². The van der Waals surface area contributed by atoms with E-state index in [2.05, 4.69) is 31.7 Å². The first-order valence-electron chi connectivity index (χ1n) is 8.03. The lowest BCUT2D eigenvalue weighted by molar-refractivity contribution is 0.0945. The Labute approximate surface area is 156 Å². The van der Waals surface area contributed by atoms with Crippen molar-refractivity contribution in [1.82, 2.24) is 20.4 Å². The molecule has 5 nitrogen and oxygen atoms in total. The van der Waals surface area contributed by atoms with Crippen molar-refractivity contribution in [3.05, 3.63) is 46.7 Å². The molecule has 2 aromatic rings. The van der Waals surface area contributed by atoms with Gasteiger partial charge in [-0.1, -0.05) is 22.0 Å². The summed E-state index contributed by atoms with van der Waals surface area (Å²) in [4.78, 5) is 12.2. The number of aromatic nitrogens is 2. The predicted octanol–water partition coefficient (Wildman–Crippen LogP) is 3.18. The average Bonchev–Trinajstić information content (AvgIpc) is 3.06. The minimum absolute atomic E-state index is 0. The van der Waals surface area contributed by atoms with E-state index < -0.39 is 0 Å². The third-order valence-corrected chi connectivity index (χ3v) is 4.62. The van der Waals surface area contributed by atoms with Gasteiger partial charge in [0.05, 0.1) is 5.69 Å². The van der Waals surface area contributed by atoms with Crippen molar-refractivity contribution in [1.29, 1.82) is 0 Å². The first-order valence-corrected chi connectivity index (χ1v) is 8.82. The summed E-state index contributed by atoms with van der Waals surface area (Å²) in [6, 6.07) is 9.57. The summed E-state index contributed by atoms with van der Waals surface area (Å²) < 4.78 is 2.70. The van der Waals surface area contributed by atoms with Crippen LogP contribution in [0.2, 0.25) is 0 Å². The van der Waals surface area contributed by atoms with Crippen LogP contribution in [-0.4, -0.2) is 35.3 Å². The van der Waals surface area contributed by atoms with Crippen molar-refractivity contribution < 1.29 is 4.79 Å². The van der Waals surface area contributed by atoms with Crippen LogP contribution in [0.25, 0.3) is 5.69 Å². The molecule has 24 heavy (non-hydrogen) atoms. The second kappa shape index (κ2) is 9.20. The molecule has 2 heterocycles. The number of nitrogens with zero attached hydrogens (tertiary/aromatic N) is 2. The monoisotopic (exact) mass is 412 g/mol. The molecule has 1 saturated heterocycles. The summed E-state index contributed by atoms with van der Waals surface area (Å²) in [7, 11) is 0. The first kappa shape index (κ1) is 19.0. The van der Waals surface area contributed by atoms with Crippen LogP contribution in [0.15, 0.2) is 41.0 Å². The normalized spacial score (nSPS) is 17.1. The van der Waals surface area contributed by atoms with Gasteiger partial charge in [0.25, 0.3) is 5.91 Å². The minimum Gasteiger partial charge on any atom is -0.351 e. The van der Waals surface area contributed by atoms with E-state index in [9.17, 15) is 4.79 Å². The number of amides is 1. The van der Waals surface area contributed by atoms with Gasteiger partial charge in [0.15, 0.2) is 5.69 Å². The van der Waals surface area contributed by atoms with Gasteiger partial charge in [-0.2, -0.15) is 5.10 Å². The van der Waals surface area contributed by atoms with Crippen LogP contribution < -0.4 is 10.6 Å². The third-order valence-electron chi connectivity index (χ3n) is 4.13. The third kappa shape index (κ3) is 5.06. The molecule has 1 aliphatic rings. The second-order valence-electron chi connectivity index (χ2n) is 5.88. The number of carbonyl (C=O) groups is 1. The molecule has 1 aliphatic heterocycles. The Morgan fingerprint density at radius 3 is 3.04 bits per heavy atom. The van der Waals surface area contributed by atoms with Gasteiger partial charge in [0.1, 0.15) is 0 Å². The van der Waals surface area contributed by atoms with Crippen LogP contribution in [0.1, 0.15) is 29.8 Å². The maximum Gasteiger partial charge on any atom is 0.271 e. The molecule has 0 spiro atoms. The quantitative estimate of drug-likeness (QED) is 0.791. The standard InChI is InChI=1S/C17H21BrN4O.ClH/c18-14-4-1-5-15(11-14)22-10-7-16(21-22)17(23)20-9-6-13-3-2-8-19-12-13;/h1,4-5,7,10-11,13,19H,2-3,6,8-9,12H2,(H,20,23);1H. The van der Waals surface area contributed by atoms with E-state index in [4.69, 9.17) is 0 Å². The fourth-order valence-electron chi connectivity index (χ4n) is 2.86. The van der Waals surface area contributed by atoms with Crippen molar-refractivity contribution in [3.63, 3.8) is 0 Å². The van der Waals surface area contributed by atoms with E-state index in [-0.39, 0.29) is 18.3 Å². The number of nitrogens with one attached hydrogen (secondary N) is 2. The highest BCUT2D eigenvalue weighted by Crippen LogP contribution is 2.15. The molecule has 1 amide bonds. The molecule has 0 aliphatic carbocycles. The molecule has 3 rings (SSSR count). The summed E-state index contributed by atoms with van der Waals surface area (Å²) in [5.74, 6) is 0.561. The van der Waals surface area contributed by atoms with Gasteiger partial charge in [-0.05, 0) is 62.5 Å². The molecule has 1 fully saturated rings. The lowest BCUT2D eigenvalue weighted by Crippen LogP contribution is -2.33. The van der Waals surface area contributed by atoms with E-state index in [0.29, 0.717) is 18.2 Å². The van der Waals surface area contributed by atoms with Crippen molar-refractivity contribution >= 4 is 34.2 Å². The number of hydrogen-bond donors (Lipinski definition) is 2. The van der Waals surface area contributed by atoms with E-state index in [1.807, 2.05) is 30.5 Å². The zero-order chi connectivity index (χ0) is 16.1. The van der Waals surface area contributed by atoms with Crippen LogP contribution >= 0.6 is 28.3 Å². The van der Waals surface area contributed by atoms with Gasteiger partial charge in [0, 0.05) is 17.2 Å². The van der Waals surface area contributed by atoms with E-state index in [0.717, 1.165) is 29.7 Å².